The van der Waals surface area contributed by atoms with Gasteiger partial charge in [0.25, 0.3) is 5.69 Å². The lowest BCUT2D eigenvalue weighted by atomic mass is 10.1. The Morgan fingerprint density at radius 1 is 1.40 bits per heavy atom. The monoisotopic (exact) mass is 284 g/mol. The van der Waals surface area contributed by atoms with Crippen molar-refractivity contribution in [3.8, 4) is 0 Å². The van der Waals surface area contributed by atoms with Crippen LogP contribution in [-0.4, -0.2) is 49.5 Å². The molecule has 0 aliphatic carbocycles. The van der Waals surface area contributed by atoms with E-state index in [-0.39, 0.29) is 16.9 Å². The van der Waals surface area contributed by atoms with E-state index in [0.717, 1.165) is 6.07 Å². The number of anilines is 1. The molecular formula is C12H16N2O6. The number of nitro groups is 1. The summed E-state index contributed by atoms with van der Waals surface area (Å²) < 4.78 is 10.00. The summed E-state index contributed by atoms with van der Waals surface area (Å²) in [6.45, 7) is 1.55. The van der Waals surface area contributed by atoms with Gasteiger partial charge in [-0.25, -0.2) is 4.79 Å². The molecule has 1 rings (SSSR count). The number of carboxylic acid groups (broad SMARTS) is 1. The zero-order chi connectivity index (χ0) is 15.0. The largest absolute Gasteiger partial charge is 0.478 e. The molecule has 0 aliphatic heterocycles. The number of benzene rings is 1. The summed E-state index contributed by atoms with van der Waals surface area (Å²) >= 11 is 0. The Balaban J connectivity index is 2.63. The van der Waals surface area contributed by atoms with Gasteiger partial charge in [0.05, 0.1) is 30.3 Å². The number of ether oxygens (including phenoxy) is 2. The van der Waals surface area contributed by atoms with Crippen LogP contribution in [0.1, 0.15) is 10.4 Å². The quantitative estimate of drug-likeness (QED) is 0.400. The molecule has 0 saturated heterocycles. The number of nitro benzene ring substituents is 1. The van der Waals surface area contributed by atoms with E-state index in [1.807, 2.05) is 0 Å². The number of hydrogen-bond acceptors (Lipinski definition) is 6. The highest BCUT2D eigenvalue weighted by Crippen LogP contribution is 2.25. The van der Waals surface area contributed by atoms with Crippen LogP contribution in [0, 0.1) is 10.1 Å². The first-order valence-electron chi connectivity index (χ1n) is 5.88. The molecule has 110 valence electrons. The van der Waals surface area contributed by atoms with Crippen LogP contribution < -0.4 is 5.32 Å². The second-order valence-corrected chi connectivity index (χ2v) is 3.83. The van der Waals surface area contributed by atoms with Crippen LogP contribution in [0.15, 0.2) is 18.2 Å². The van der Waals surface area contributed by atoms with Crippen molar-refractivity contribution in [2.45, 2.75) is 0 Å². The van der Waals surface area contributed by atoms with Crippen LogP contribution in [0.25, 0.3) is 0 Å². The van der Waals surface area contributed by atoms with E-state index < -0.39 is 10.9 Å². The molecule has 8 heteroatoms. The Kier molecular flexibility index (Phi) is 6.41. The van der Waals surface area contributed by atoms with Gasteiger partial charge >= 0.3 is 5.97 Å². The van der Waals surface area contributed by atoms with Crippen LogP contribution >= 0.6 is 0 Å². The van der Waals surface area contributed by atoms with Crippen LogP contribution in [0.5, 0.6) is 0 Å². The highest BCUT2D eigenvalue weighted by atomic mass is 16.6. The first kappa shape index (κ1) is 15.9. The van der Waals surface area contributed by atoms with Crippen molar-refractivity contribution >= 4 is 17.3 Å². The van der Waals surface area contributed by atoms with E-state index in [4.69, 9.17) is 14.6 Å². The van der Waals surface area contributed by atoms with E-state index in [1.54, 1.807) is 7.11 Å². The molecule has 0 saturated carbocycles. The average Bonchev–Trinajstić information content (AvgIpc) is 2.42. The van der Waals surface area contributed by atoms with Crippen molar-refractivity contribution in [3.63, 3.8) is 0 Å². The summed E-state index contributed by atoms with van der Waals surface area (Å²) in [4.78, 5) is 21.1. The minimum absolute atomic E-state index is 0.0154. The smallest absolute Gasteiger partial charge is 0.335 e. The summed E-state index contributed by atoms with van der Waals surface area (Å²) in [6.07, 6.45) is 0. The third-order valence-corrected chi connectivity index (χ3v) is 2.43. The number of rotatable bonds is 9. The average molecular weight is 284 g/mol. The van der Waals surface area contributed by atoms with Gasteiger partial charge in [-0.3, -0.25) is 10.1 Å². The number of hydrogen-bond donors (Lipinski definition) is 2. The molecule has 0 bridgehead atoms. The maximum absolute atomic E-state index is 10.8. The van der Waals surface area contributed by atoms with Gasteiger partial charge in [0.1, 0.15) is 5.69 Å². The SMILES string of the molecule is COCCOCCNc1cc(C(=O)O)ccc1[N+](=O)[O-]. The molecular weight excluding hydrogens is 268 g/mol. The van der Waals surface area contributed by atoms with Crippen LogP contribution in [0.3, 0.4) is 0 Å². The Morgan fingerprint density at radius 3 is 2.75 bits per heavy atom. The summed E-state index contributed by atoms with van der Waals surface area (Å²) in [5, 5.41) is 22.5. The van der Waals surface area contributed by atoms with Gasteiger partial charge in [-0.2, -0.15) is 0 Å². The molecule has 0 amide bonds. The molecule has 0 unspecified atom stereocenters. The normalized spacial score (nSPS) is 10.2. The molecule has 1 aromatic carbocycles. The van der Waals surface area contributed by atoms with E-state index in [2.05, 4.69) is 5.32 Å². The summed E-state index contributed by atoms with van der Waals surface area (Å²) in [7, 11) is 1.56. The van der Waals surface area contributed by atoms with Crippen molar-refractivity contribution in [2.75, 3.05) is 38.8 Å². The second-order valence-electron chi connectivity index (χ2n) is 3.83. The minimum Gasteiger partial charge on any atom is -0.478 e. The molecule has 1 aromatic rings. The molecule has 0 radical (unpaired) electrons. The Morgan fingerprint density at radius 2 is 2.15 bits per heavy atom. The van der Waals surface area contributed by atoms with Crippen LogP contribution in [0.4, 0.5) is 11.4 Å². The standard InChI is InChI=1S/C12H16N2O6/c1-19-6-7-20-5-4-13-10-8-9(12(15)16)2-3-11(10)14(17)18/h2-3,8,13H,4-7H2,1H3,(H,15,16). The highest BCUT2D eigenvalue weighted by Gasteiger charge is 2.16. The summed E-state index contributed by atoms with van der Waals surface area (Å²) in [6, 6.07) is 3.59. The number of aromatic carboxylic acids is 1. The van der Waals surface area contributed by atoms with Gasteiger partial charge in [-0.05, 0) is 12.1 Å². The summed E-state index contributed by atoms with van der Waals surface area (Å²) in [5.74, 6) is -1.14. The highest BCUT2D eigenvalue weighted by molar-refractivity contribution is 5.90. The third kappa shape index (κ3) is 4.82. The van der Waals surface area contributed by atoms with E-state index >= 15 is 0 Å². The molecule has 0 heterocycles. The predicted octanol–water partition coefficient (Wildman–Crippen LogP) is 1.37. The van der Waals surface area contributed by atoms with Gasteiger partial charge < -0.3 is 19.9 Å². The first-order chi connectivity index (χ1) is 9.56. The Labute approximate surface area is 115 Å². The lowest BCUT2D eigenvalue weighted by Gasteiger charge is -2.08. The van der Waals surface area contributed by atoms with E-state index in [1.165, 1.54) is 12.1 Å². The van der Waals surface area contributed by atoms with Crippen LogP contribution in [-0.2, 0) is 9.47 Å². The molecule has 0 aliphatic rings. The molecule has 0 spiro atoms. The lowest BCUT2D eigenvalue weighted by molar-refractivity contribution is -0.384. The third-order valence-electron chi connectivity index (χ3n) is 2.43. The van der Waals surface area contributed by atoms with Gasteiger partial charge in [-0.15, -0.1) is 0 Å². The van der Waals surface area contributed by atoms with Gasteiger partial charge in [0, 0.05) is 19.7 Å². The molecule has 20 heavy (non-hydrogen) atoms. The zero-order valence-electron chi connectivity index (χ0n) is 11.0. The second kappa shape index (κ2) is 8.08. The van der Waals surface area contributed by atoms with Crippen molar-refractivity contribution in [1.82, 2.24) is 0 Å². The van der Waals surface area contributed by atoms with Gasteiger partial charge in [-0.1, -0.05) is 0 Å². The van der Waals surface area contributed by atoms with Crippen molar-refractivity contribution in [1.29, 1.82) is 0 Å². The zero-order valence-corrected chi connectivity index (χ0v) is 11.0. The maximum Gasteiger partial charge on any atom is 0.335 e. The van der Waals surface area contributed by atoms with E-state index in [9.17, 15) is 14.9 Å². The van der Waals surface area contributed by atoms with Gasteiger partial charge in [0.15, 0.2) is 0 Å². The first-order valence-corrected chi connectivity index (χ1v) is 5.88. The number of nitrogens with zero attached hydrogens (tertiary/aromatic N) is 1. The molecule has 0 atom stereocenters. The molecule has 2 N–H and O–H groups in total. The number of nitrogens with one attached hydrogen (secondary N) is 1. The minimum atomic E-state index is -1.14. The number of carboxylic acids is 1. The van der Waals surface area contributed by atoms with Crippen molar-refractivity contribution in [2.24, 2.45) is 0 Å². The van der Waals surface area contributed by atoms with Crippen molar-refractivity contribution in [3.05, 3.63) is 33.9 Å². The maximum atomic E-state index is 10.8. The fourth-order valence-corrected chi connectivity index (χ4v) is 1.47. The fraction of sp³-hybridized carbons (Fsp3) is 0.417. The Hall–Kier alpha value is -2.19. The molecule has 8 nitrogen and oxygen atoms in total. The number of carbonyl (C=O) groups is 1. The van der Waals surface area contributed by atoms with Gasteiger partial charge in [0.2, 0.25) is 0 Å². The van der Waals surface area contributed by atoms with Crippen LogP contribution in [0.2, 0.25) is 0 Å². The summed E-state index contributed by atoms with van der Waals surface area (Å²) in [5.41, 5.74) is -0.0319. The lowest BCUT2D eigenvalue weighted by Crippen LogP contribution is -2.13. The molecule has 0 aromatic heterocycles. The fourth-order valence-electron chi connectivity index (χ4n) is 1.47. The topological polar surface area (TPSA) is 111 Å². The van der Waals surface area contributed by atoms with E-state index in [0.29, 0.717) is 26.4 Å². The Bertz CT molecular complexity index is 477. The number of methoxy groups -OCH3 is 1. The predicted molar refractivity (Wildman–Crippen MR) is 71.2 cm³/mol. The van der Waals surface area contributed by atoms with Crippen molar-refractivity contribution < 1.29 is 24.3 Å². The molecule has 0 fully saturated rings.